The highest BCUT2D eigenvalue weighted by Gasteiger charge is 2.04. The molecule has 0 aliphatic rings. The summed E-state index contributed by atoms with van der Waals surface area (Å²) in [5, 5.41) is 3.12. The number of aliphatic imine (C=N–C) groups is 1. The highest BCUT2D eigenvalue weighted by Crippen LogP contribution is 2.27. The minimum atomic E-state index is 0.305. The Hall–Kier alpha value is -1.16. The molecule has 0 radical (unpaired) electrons. The van der Waals surface area contributed by atoms with E-state index in [0.717, 1.165) is 0 Å². The first-order valence-corrected chi connectivity index (χ1v) is 4.32. The van der Waals surface area contributed by atoms with Crippen LogP contribution in [0, 0.1) is 0 Å². The largest absolute Gasteiger partial charge is 0.371 e. The Kier molecular flexibility index (Phi) is 5.80. The summed E-state index contributed by atoms with van der Waals surface area (Å²) in [6.07, 6.45) is 1.36. The van der Waals surface area contributed by atoms with Crippen LogP contribution in [0.4, 0.5) is 11.5 Å². The van der Waals surface area contributed by atoms with Crippen LogP contribution in [-0.4, -0.2) is 23.7 Å². The molecule has 0 atom stereocenters. The van der Waals surface area contributed by atoms with Crippen LogP contribution in [-0.2, 0) is 0 Å². The molecule has 1 N–H and O–H groups in total. The van der Waals surface area contributed by atoms with Gasteiger partial charge < -0.3 is 5.32 Å². The van der Waals surface area contributed by atoms with Crippen molar-refractivity contribution >= 4 is 29.8 Å². The first kappa shape index (κ1) is 11.8. The lowest BCUT2D eigenvalue weighted by Gasteiger charge is -2.02. The van der Waals surface area contributed by atoms with E-state index in [1.165, 1.54) is 6.33 Å². The van der Waals surface area contributed by atoms with Crippen molar-refractivity contribution in [2.45, 2.75) is 13.8 Å². The van der Waals surface area contributed by atoms with Crippen LogP contribution in [0.2, 0.25) is 5.15 Å². The summed E-state index contributed by atoms with van der Waals surface area (Å²) < 4.78 is 0. The van der Waals surface area contributed by atoms with Gasteiger partial charge in [0.2, 0.25) is 0 Å². The number of nitrogens with one attached hydrogen (secondary N) is 1. The first-order valence-electron chi connectivity index (χ1n) is 3.94. The molecule has 1 heterocycles. The van der Waals surface area contributed by atoms with Gasteiger partial charge in [0.1, 0.15) is 12.0 Å². The summed E-state index contributed by atoms with van der Waals surface area (Å²) in [6.45, 7) is 7.35. The molecular weight excluding hydrogens is 188 g/mol. The second-order valence-corrected chi connectivity index (χ2v) is 2.13. The number of hydrogen-bond acceptors (Lipinski definition) is 4. The van der Waals surface area contributed by atoms with Crippen molar-refractivity contribution in [3.8, 4) is 0 Å². The molecule has 0 bridgehead atoms. The Labute approximate surface area is 83.1 Å². The van der Waals surface area contributed by atoms with Crippen molar-refractivity contribution in [1.29, 1.82) is 0 Å². The molecule has 0 aromatic carbocycles. The van der Waals surface area contributed by atoms with Gasteiger partial charge in [-0.1, -0.05) is 25.4 Å². The number of nitrogens with zero attached hydrogens (tertiary/aromatic N) is 3. The fourth-order valence-electron chi connectivity index (χ4n) is 0.680. The summed E-state index contributed by atoms with van der Waals surface area (Å²) in [5.74, 6) is 0.583. The third-order valence-corrected chi connectivity index (χ3v) is 1.45. The van der Waals surface area contributed by atoms with E-state index in [1.807, 2.05) is 13.8 Å². The SMILES string of the molecule is C=Nc1c(Cl)ncnc1NC.CC. The van der Waals surface area contributed by atoms with E-state index in [2.05, 4.69) is 27.0 Å². The average Bonchev–Trinajstić information content (AvgIpc) is 2.20. The second-order valence-electron chi connectivity index (χ2n) is 1.77. The van der Waals surface area contributed by atoms with E-state index in [1.54, 1.807) is 7.05 Å². The lowest BCUT2D eigenvalue weighted by Crippen LogP contribution is -1.93. The van der Waals surface area contributed by atoms with Crippen LogP contribution in [0.25, 0.3) is 0 Å². The van der Waals surface area contributed by atoms with Gasteiger partial charge in [0.25, 0.3) is 0 Å². The quantitative estimate of drug-likeness (QED) is 0.590. The molecule has 72 valence electrons. The van der Waals surface area contributed by atoms with Gasteiger partial charge in [-0.15, -0.1) is 0 Å². The van der Waals surface area contributed by atoms with Crippen LogP contribution >= 0.6 is 11.6 Å². The van der Waals surface area contributed by atoms with Gasteiger partial charge in [-0.3, -0.25) is 4.99 Å². The van der Waals surface area contributed by atoms with E-state index >= 15 is 0 Å². The molecule has 4 nitrogen and oxygen atoms in total. The number of halogens is 1. The maximum absolute atomic E-state index is 5.68. The summed E-state index contributed by atoms with van der Waals surface area (Å²) >= 11 is 5.68. The van der Waals surface area contributed by atoms with Gasteiger partial charge in [-0.2, -0.15) is 0 Å². The maximum Gasteiger partial charge on any atom is 0.160 e. The minimum absolute atomic E-state index is 0.305. The van der Waals surface area contributed by atoms with Crippen LogP contribution in [0.15, 0.2) is 11.3 Å². The lowest BCUT2D eigenvalue weighted by molar-refractivity contribution is 1.15. The van der Waals surface area contributed by atoms with E-state index in [9.17, 15) is 0 Å². The van der Waals surface area contributed by atoms with Gasteiger partial charge in [-0.05, 0) is 6.72 Å². The van der Waals surface area contributed by atoms with Crippen LogP contribution < -0.4 is 5.32 Å². The third kappa shape index (κ3) is 2.99. The summed E-state index contributed by atoms with van der Waals surface area (Å²) in [6, 6.07) is 0. The standard InChI is InChI=1S/C6H7ClN4.C2H6/c1-8-4-5(7)10-3-11-6(4)9-2;1-2/h3H,1H2,2H3,(H,9,10,11);1-2H3. The van der Waals surface area contributed by atoms with Crippen LogP contribution in [0.5, 0.6) is 0 Å². The molecule has 1 aromatic rings. The van der Waals surface area contributed by atoms with E-state index in [0.29, 0.717) is 16.7 Å². The second kappa shape index (κ2) is 6.37. The fourth-order valence-corrected chi connectivity index (χ4v) is 0.873. The Balaban J connectivity index is 0.000000671. The Morgan fingerprint density at radius 1 is 1.46 bits per heavy atom. The Morgan fingerprint density at radius 2 is 2.08 bits per heavy atom. The van der Waals surface area contributed by atoms with Crippen LogP contribution in [0.1, 0.15) is 13.8 Å². The minimum Gasteiger partial charge on any atom is -0.371 e. The van der Waals surface area contributed by atoms with Crippen molar-refractivity contribution in [3.63, 3.8) is 0 Å². The molecule has 0 saturated carbocycles. The van der Waals surface area contributed by atoms with E-state index in [4.69, 9.17) is 11.6 Å². The molecule has 0 unspecified atom stereocenters. The number of anilines is 1. The predicted molar refractivity (Wildman–Crippen MR) is 57.1 cm³/mol. The molecule has 1 rings (SSSR count). The molecule has 1 aromatic heterocycles. The van der Waals surface area contributed by atoms with Gasteiger partial charge in [0.15, 0.2) is 11.0 Å². The average molecular weight is 201 g/mol. The van der Waals surface area contributed by atoms with Crippen molar-refractivity contribution in [2.75, 3.05) is 12.4 Å². The Bertz CT molecular complexity index is 275. The van der Waals surface area contributed by atoms with Crippen molar-refractivity contribution in [3.05, 3.63) is 11.5 Å². The number of hydrogen-bond donors (Lipinski definition) is 1. The highest BCUT2D eigenvalue weighted by atomic mass is 35.5. The zero-order valence-corrected chi connectivity index (χ0v) is 8.76. The van der Waals surface area contributed by atoms with E-state index < -0.39 is 0 Å². The molecule has 0 fully saturated rings. The first-order chi connectivity index (χ1) is 6.29. The molecule has 0 aliphatic carbocycles. The smallest absolute Gasteiger partial charge is 0.160 e. The lowest BCUT2D eigenvalue weighted by atomic mass is 10.5. The van der Waals surface area contributed by atoms with E-state index in [-0.39, 0.29) is 0 Å². The summed E-state index contributed by atoms with van der Waals surface area (Å²) in [5.41, 5.74) is 0.483. The molecule has 0 aliphatic heterocycles. The highest BCUT2D eigenvalue weighted by molar-refractivity contribution is 6.32. The summed E-state index contributed by atoms with van der Waals surface area (Å²) in [7, 11) is 1.73. The zero-order chi connectivity index (χ0) is 10.3. The van der Waals surface area contributed by atoms with Gasteiger partial charge in [-0.25, -0.2) is 9.97 Å². The predicted octanol–water partition coefficient (Wildman–Crippen LogP) is 2.53. The molecule has 0 spiro atoms. The molecular formula is C8H13ClN4. The normalized spacial score (nSPS) is 8.31. The zero-order valence-electron chi connectivity index (χ0n) is 8.00. The monoisotopic (exact) mass is 200 g/mol. The molecule has 0 amide bonds. The van der Waals surface area contributed by atoms with Gasteiger partial charge >= 0.3 is 0 Å². The Morgan fingerprint density at radius 3 is 2.46 bits per heavy atom. The summed E-state index contributed by atoms with van der Waals surface area (Å²) in [4.78, 5) is 11.3. The van der Waals surface area contributed by atoms with Crippen molar-refractivity contribution < 1.29 is 0 Å². The van der Waals surface area contributed by atoms with Crippen molar-refractivity contribution in [2.24, 2.45) is 4.99 Å². The van der Waals surface area contributed by atoms with Gasteiger partial charge in [0.05, 0.1) is 0 Å². The fraction of sp³-hybridized carbons (Fsp3) is 0.375. The van der Waals surface area contributed by atoms with Crippen LogP contribution in [0.3, 0.4) is 0 Å². The topological polar surface area (TPSA) is 50.2 Å². The number of rotatable bonds is 2. The number of aromatic nitrogens is 2. The van der Waals surface area contributed by atoms with Gasteiger partial charge in [0, 0.05) is 7.05 Å². The maximum atomic E-state index is 5.68. The van der Waals surface area contributed by atoms with Crippen molar-refractivity contribution in [1.82, 2.24) is 9.97 Å². The third-order valence-electron chi connectivity index (χ3n) is 1.17. The molecule has 0 saturated heterocycles. The molecule has 13 heavy (non-hydrogen) atoms. The molecule has 5 heteroatoms.